The van der Waals surface area contributed by atoms with Crippen molar-refractivity contribution in [3.63, 3.8) is 0 Å². The van der Waals surface area contributed by atoms with Crippen LogP contribution in [0.2, 0.25) is 0 Å². The van der Waals surface area contributed by atoms with Gasteiger partial charge in [0.1, 0.15) is 0 Å². The number of rotatable bonds is 8. The van der Waals surface area contributed by atoms with Crippen molar-refractivity contribution in [1.29, 1.82) is 0 Å². The molecule has 0 bridgehead atoms. The van der Waals surface area contributed by atoms with Gasteiger partial charge in [-0.1, -0.05) is 48.5 Å². The minimum Gasteiger partial charge on any atom is -0.326 e. The van der Waals surface area contributed by atoms with E-state index in [1.165, 1.54) is 0 Å². The summed E-state index contributed by atoms with van der Waals surface area (Å²) in [5.41, 5.74) is 1.98. The van der Waals surface area contributed by atoms with Crippen LogP contribution >= 0.6 is 0 Å². The van der Waals surface area contributed by atoms with Crippen LogP contribution in [0.15, 0.2) is 18.2 Å². The van der Waals surface area contributed by atoms with Crippen molar-refractivity contribution < 1.29 is 14.4 Å². The fraction of sp³-hybridized carbons (Fsp3) is 0.667. The molecule has 1 aromatic carbocycles. The maximum atomic E-state index is 13.0. The van der Waals surface area contributed by atoms with E-state index in [9.17, 15) is 14.4 Å². The van der Waals surface area contributed by atoms with Gasteiger partial charge in [-0.05, 0) is 68.1 Å². The van der Waals surface area contributed by atoms with Gasteiger partial charge in [0.15, 0.2) is 0 Å². The average molecular weight is 458 g/mol. The normalized spacial score (nSPS) is 20.5. The molecule has 3 N–H and O–H groups in total. The molecule has 1 aliphatic carbocycles. The lowest BCUT2D eigenvalue weighted by atomic mass is 9.69. The summed E-state index contributed by atoms with van der Waals surface area (Å²) in [6, 6.07) is 5.26. The van der Waals surface area contributed by atoms with Gasteiger partial charge in [-0.3, -0.25) is 14.4 Å². The Hall–Kier alpha value is -2.37. The van der Waals surface area contributed by atoms with E-state index in [1.54, 1.807) is 18.2 Å². The maximum Gasteiger partial charge on any atom is 0.227 e. The van der Waals surface area contributed by atoms with Crippen molar-refractivity contribution in [2.45, 2.75) is 87.0 Å². The van der Waals surface area contributed by atoms with E-state index in [0.29, 0.717) is 23.0 Å². The summed E-state index contributed by atoms with van der Waals surface area (Å²) in [7, 11) is 0. The van der Waals surface area contributed by atoms with Gasteiger partial charge >= 0.3 is 0 Å². The van der Waals surface area contributed by atoms with Gasteiger partial charge in [0.2, 0.25) is 17.7 Å². The third-order valence-corrected chi connectivity index (χ3v) is 7.18. The molecule has 6 heteroatoms. The Morgan fingerprint density at radius 1 is 0.788 bits per heavy atom. The zero-order chi connectivity index (χ0) is 24.8. The molecule has 6 nitrogen and oxygen atoms in total. The second-order valence-corrected chi connectivity index (χ2v) is 10.8. The topological polar surface area (TPSA) is 87.3 Å². The van der Waals surface area contributed by atoms with E-state index >= 15 is 0 Å². The van der Waals surface area contributed by atoms with Crippen LogP contribution < -0.4 is 16.0 Å². The molecular weight excluding hydrogens is 414 g/mol. The van der Waals surface area contributed by atoms with Crippen molar-refractivity contribution in [2.75, 3.05) is 16.0 Å². The van der Waals surface area contributed by atoms with Gasteiger partial charge < -0.3 is 16.0 Å². The highest BCUT2D eigenvalue weighted by Gasteiger charge is 2.32. The molecule has 0 heterocycles. The van der Waals surface area contributed by atoms with Crippen LogP contribution in [0.5, 0.6) is 0 Å². The average Bonchev–Trinajstić information content (AvgIpc) is 2.77. The molecule has 0 radical (unpaired) electrons. The Balaban J connectivity index is 2.17. The summed E-state index contributed by atoms with van der Waals surface area (Å²) in [5.74, 6) is 0.218. The van der Waals surface area contributed by atoms with Crippen LogP contribution in [0.3, 0.4) is 0 Å². The Morgan fingerprint density at radius 3 is 1.55 bits per heavy atom. The van der Waals surface area contributed by atoms with Crippen molar-refractivity contribution in [1.82, 2.24) is 0 Å². The van der Waals surface area contributed by atoms with E-state index in [1.807, 2.05) is 27.7 Å². The predicted octanol–water partition coefficient (Wildman–Crippen LogP) is 6.45. The molecule has 1 aromatic rings. The number of amides is 3. The van der Waals surface area contributed by atoms with E-state index in [4.69, 9.17) is 0 Å². The summed E-state index contributed by atoms with van der Waals surface area (Å²) in [6.07, 6.45) is 5.35. The molecular formula is C27H43N3O3. The van der Waals surface area contributed by atoms with Crippen LogP contribution in [-0.2, 0) is 14.4 Å². The van der Waals surface area contributed by atoms with Gasteiger partial charge in [0.25, 0.3) is 0 Å². The van der Waals surface area contributed by atoms with E-state index in [-0.39, 0.29) is 40.9 Å². The summed E-state index contributed by atoms with van der Waals surface area (Å²) < 4.78 is 0. The number of hydrogen-bond donors (Lipinski definition) is 3. The third kappa shape index (κ3) is 7.86. The highest BCUT2D eigenvalue weighted by atomic mass is 16.2. The van der Waals surface area contributed by atoms with Crippen LogP contribution in [-0.4, -0.2) is 17.7 Å². The van der Waals surface area contributed by atoms with Crippen molar-refractivity contribution >= 4 is 34.8 Å². The Morgan fingerprint density at radius 2 is 1.18 bits per heavy atom. The van der Waals surface area contributed by atoms with Crippen molar-refractivity contribution in [3.8, 4) is 0 Å². The van der Waals surface area contributed by atoms with E-state index < -0.39 is 0 Å². The molecule has 3 amide bonds. The number of carbonyl (C=O) groups is 3. The van der Waals surface area contributed by atoms with Gasteiger partial charge in [0, 0.05) is 34.8 Å². The predicted molar refractivity (Wildman–Crippen MR) is 136 cm³/mol. The molecule has 0 saturated heterocycles. The van der Waals surface area contributed by atoms with Gasteiger partial charge in [-0.25, -0.2) is 0 Å². The Labute approximate surface area is 199 Å². The highest BCUT2D eigenvalue weighted by molar-refractivity contribution is 5.99. The lowest BCUT2D eigenvalue weighted by Gasteiger charge is -2.36. The number of carbonyl (C=O) groups excluding carboxylic acids is 3. The third-order valence-electron chi connectivity index (χ3n) is 7.18. The molecule has 2 atom stereocenters. The second-order valence-electron chi connectivity index (χ2n) is 10.8. The largest absolute Gasteiger partial charge is 0.326 e. The molecule has 0 aliphatic heterocycles. The first kappa shape index (κ1) is 26.9. The number of benzene rings is 1. The fourth-order valence-electron chi connectivity index (χ4n) is 4.21. The van der Waals surface area contributed by atoms with Crippen molar-refractivity contribution in [2.24, 2.45) is 29.1 Å². The van der Waals surface area contributed by atoms with Crippen LogP contribution in [0.1, 0.15) is 87.0 Å². The SMILES string of the molecule is CCC(C)C(=O)Nc1cc(NC(=O)C(C)CC)cc(NC(=O)[C@H]2CC[C@@H](C(C)(C)C)CC2)c1. The van der Waals surface area contributed by atoms with Crippen LogP contribution in [0.25, 0.3) is 0 Å². The first-order valence-corrected chi connectivity index (χ1v) is 12.5. The smallest absolute Gasteiger partial charge is 0.227 e. The van der Waals surface area contributed by atoms with E-state index in [0.717, 1.165) is 38.5 Å². The molecule has 1 saturated carbocycles. The molecule has 0 aromatic heterocycles. The maximum absolute atomic E-state index is 13.0. The standard InChI is InChI=1S/C27H43N3O3/c1-8-17(3)24(31)28-21-14-22(29-25(32)18(4)9-2)16-23(15-21)30-26(33)19-10-12-20(13-11-19)27(5,6)7/h14-20H,8-13H2,1-7H3,(H,28,31)(H,29,32)(H,30,33)/t17?,18?,19-,20+. The Kier molecular flexibility index (Phi) is 9.50. The van der Waals surface area contributed by atoms with Crippen LogP contribution in [0, 0.1) is 29.1 Å². The molecule has 2 unspecified atom stereocenters. The highest BCUT2D eigenvalue weighted by Crippen LogP contribution is 2.40. The van der Waals surface area contributed by atoms with Gasteiger partial charge in [-0.2, -0.15) is 0 Å². The van der Waals surface area contributed by atoms with Crippen molar-refractivity contribution in [3.05, 3.63) is 18.2 Å². The number of anilines is 3. The molecule has 33 heavy (non-hydrogen) atoms. The zero-order valence-electron chi connectivity index (χ0n) is 21.5. The molecule has 1 fully saturated rings. The summed E-state index contributed by atoms with van der Waals surface area (Å²) in [5, 5.41) is 8.88. The lowest BCUT2D eigenvalue weighted by Crippen LogP contribution is -2.31. The molecule has 1 aliphatic rings. The Bertz CT molecular complexity index is 793. The minimum absolute atomic E-state index is 0.00645. The minimum atomic E-state index is -0.126. The van der Waals surface area contributed by atoms with Gasteiger partial charge in [0.05, 0.1) is 0 Å². The quantitative estimate of drug-likeness (QED) is 0.419. The molecule has 0 spiro atoms. The van der Waals surface area contributed by atoms with Crippen LogP contribution in [0.4, 0.5) is 17.1 Å². The van der Waals surface area contributed by atoms with E-state index in [2.05, 4.69) is 36.7 Å². The number of hydrogen-bond acceptors (Lipinski definition) is 3. The number of nitrogens with one attached hydrogen (secondary N) is 3. The summed E-state index contributed by atoms with van der Waals surface area (Å²) in [6.45, 7) is 14.5. The van der Waals surface area contributed by atoms with Gasteiger partial charge in [-0.15, -0.1) is 0 Å². The monoisotopic (exact) mass is 457 g/mol. The lowest BCUT2D eigenvalue weighted by molar-refractivity contribution is -0.121. The first-order valence-electron chi connectivity index (χ1n) is 12.5. The molecule has 184 valence electrons. The second kappa shape index (κ2) is 11.7. The zero-order valence-corrected chi connectivity index (χ0v) is 21.5. The first-order chi connectivity index (χ1) is 15.4. The molecule has 2 rings (SSSR count). The summed E-state index contributed by atoms with van der Waals surface area (Å²) in [4.78, 5) is 37.9. The fourth-order valence-corrected chi connectivity index (χ4v) is 4.21. The summed E-state index contributed by atoms with van der Waals surface area (Å²) >= 11 is 0.